The SMILES string of the molecule is COc1ccc(NCC2(C#N)COC2)c(OC)c1. The highest BCUT2D eigenvalue weighted by Gasteiger charge is 2.38. The number of nitrogens with one attached hydrogen (secondary N) is 1. The molecule has 0 amide bonds. The third kappa shape index (κ3) is 2.34. The van der Waals surface area contributed by atoms with Crippen LogP contribution in [-0.4, -0.2) is 34.0 Å². The molecule has 1 aliphatic heterocycles. The molecule has 0 saturated carbocycles. The molecule has 0 unspecified atom stereocenters. The molecule has 0 atom stereocenters. The summed E-state index contributed by atoms with van der Waals surface area (Å²) in [6, 6.07) is 7.82. The lowest BCUT2D eigenvalue weighted by Gasteiger charge is -2.35. The first-order valence-electron chi connectivity index (χ1n) is 5.68. The Morgan fingerprint density at radius 3 is 2.67 bits per heavy atom. The standard InChI is InChI=1S/C13H16N2O3/c1-16-10-3-4-11(12(5-10)17-2)15-7-13(6-14)8-18-9-13/h3-5,15H,7-9H2,1-2H3. The summed E-state index contributed by atoms with van der Waals surface area (Å²) in [6.45, 7) is 1.51. The van der Waals surface area contributed by atoms with Crippen LogP contribution in [0.1, 0.15) is 0 Å². The second-order valence-electron chi connectivity index (χ2n) is 4.30. The van der Waals surface area contributed by atoms with Crippen molar-refractivity contribution < 1.29 is 14.2 Å². The van der Waals surface area contributed by atoms with Crippen LogP contribution in [0.5, 0.6) is 11.5 Å². The second kappa shape index (κ2) is 5.15. The summed E-state index contributed by atoms with van der Waals surface area (Å²) in [5.74, 6) is 1.43. The van der Waals surface area contributed by atoms with E-state index in [9.17, 15) is 0 Å². The summed E-state index contributed by atoms with van der Waals surface area (Å²) >= 11 is 0. The van der Waals surface area contributed by atoms with Crippen LogP contribution in [0, 0.1) is 16.7 Å². The van der Waals surface area contributed by atoms with Gasteiger partial charge in [0, 0.05) is 12.6 Å². The van der Waals surface area contributed by atoms with Crippen LogP contribution in [-0.2, 0) is 4.74 Å². The van der Waals surface area contributed by atoms with Crippen molar-refractivity contribution in [3.05, 3.63) is 18.2 Å². The normalized spacial score (nSPS) is 16.3. The lowest BCUT2D eigenvalue weighted by Crippen LogP contribution is -2.46. The molecule has 1 saturated heterocycles. The van der Waals surface area contributed by atoms with Crippen LogP contribution in [0.2, 0.25) is 0 Å². The molecule has 5 heteroatoms. The van der Waals surface area contributed by atoms with Gasteiger partial charge in [0.15, 0.2) is 0 Å². The van der Waals surface area contributed by atoms with E-state index >= 15 is 0 Å². The third-order valence-electron chi connectivity index (χ3n) is 3.02. The molecule has 0 aliphatic carbocycles. The monoisotopic (exact) mass is 248 g/mol. The second-order valence-corrected chi connectivity index (χ2v) is 4.30. The minimum Gasteiger partial charge on any atom is -0.497 e. The Hall–Kier alpha value is -1.93. The molecule has 5 nitrogen and oxygen atoms in total. The molecule has 1 aliphatic rings. The van der Waals surface area contributed by atoms with E-state index in [-0.39, 0.29) is 0 Å². The number of nitrogens with zero attached hydrogens (tertiary/aromatic N) is 1. The van der Waals surface area contributed by atoms with Crippen LogP contribution in [0.3, 0.4) is 0 Å². The maximum Gasteiger partial charge on any atom is 0.145 e. The summed E-state index contributed by atoms with van der Waals surface area (Å²) in [7, 11) is 3.21. The quantitative estimate of drug-likeness (QED) is 0.858. The molecule has 0 spiro atoms. The number of rotatable bonds is 5. The van der Waals surface area contributed by atoms with Gasteiger partial charge in [0.1, 0.15) is 16.9 Å². The summed E-state index contributed by atoms with van der Waals surface area (Å²) in [5, 5.41) is 12.3. The average Bonchev–Trinajstić information content (AvgIpc) is 2.38. The van der Waals surface area contributed by atoms with Crippen LogP contribution >= 0.6 is 0 Å². The number of ether oxygens (including phenoxy) is 3. The summed E-state index contributed by atoms with van der Waals surface area (Å²) in [6.07, 6.45) is 0. The molecule has 1 aromatic rings. The van der Waals surface area contributed by atoms with Crippen molar-refractivity contribution in [1.29, 1.82) is 5.26 Å². The van der Waals surface area contributed by atoms with Crippen molar-refractivity contribution in [3.8, 4) is 17.6 Å². The highest BCUT2D eigenvalue weighted by atomic mass is 16.5. The molecule has 1 N–H and O–H groups in total. The van der Waals surface area contributed by atoms with Gasteiger partial charge < -0.3 is 19.5 Å². The first-order valence-corrected chi connectivity index (χ1v) is 5.68. The molecule has 18 heavy (non-hydrogen) atoms. The van der Waals surface area contributed by atoms with E-state index in [0.29, 0.717) is 25.5 Å². The van der Waals surface area contributed by atoms with Crippen molar-refractivity contribution in [2.75, 3.05) is 39.3 Å². The fourth-order valence-corrected chi connectivity index (χ4v) is 1.76. The van der Waals surface area contributed by atoms with E-state index in [1.165, 1.54) is 0 Å². The number of methoxy groups -OCH3 is 2. The number of hydrogen-bond donors (Lipinski definition) is 1. The van der Waals surface area contributed by atoms with Crippen LogP contribution in [0.4, 0.5) is 5.69 Å². The minimum absolute atomic E-state index is 0.412. The molecule has 1 heterocycles. The fourth-order valence-electron chi connectivity index (χ4n) is 1.76. The summed E-state index contributed by atoms with van der Waals surface area (Å²) in [4.78, 5) is 0. The van der Waals surface area contributed by atoms with Gasteiger partial charge in [0.25, 0.3) is 0 Å². The predicted octanol–water partition coefficient (Wildman–Crippen LogP) is 1.66. The summed E-state index contributed by atoms with van der Waals surface area (Å²) in [5.41, 5.74) is 0.435. The van der Waals surface area contributed by atoms with Crippen molar-refractivity contribution in [2.45, 2.75) is 0 Å². The van der Waals surface area contributed by atoms with Gasteiger partial charge in [-0.2, -0.15) is 5.26 Å². The molecule has 1 fully saturated rings. The van der Waals surface area contributed by atoms with Gasteiger partial charge in [-0.1, -0.05) is 0 Å². The average molecular weight is 248 g/mol. The Bertz CT molecular complexity index is 464. The lowest BCUT2D eigenvalue weighted by atomic mass is 9.88. The highest BCUT2D eigenvalue weighted by Crippen LogP contribution is 2.32. The highest BCUT2D eigenvalue weighted by molar-refractivity contribution is 5.59. The van der Waals surface area contributed by atoms with Gasteiger partial charge in [-0.05, 0) is 12.1 Å². The first kappa shape index (κ1) is 12.5. The van der Waals surface area contributed by atoms with Gasteiger partial charge >= 0.3 is 0 Å². The number of nitriles is 1. The van der Waals surface area contributed by atoms with Gasteiger partial charge in [0.05, 0.1) is 39.2 Å². The Labute approximate surface area is 106 Å². The van der Waals surface area contributed by atoms with E-state index in [1.54, 1.807) is 20.3 Å². The van der Waals surface area contributed by atoms with E-state index in [1.807, 2.05) is 12.1 Å². The van der Waals surface area contributed by atoms with E-state index in [2.05, 4.69) is 11.4 Å². The first-order chi connectivity index (χ1) is 8.73. The van der Waals surface area contributed by atoms with Crippen LogP contribution in [0.15, 0.2) is 18.2 Å². The van der Waals surface area contributed by atoms with Crippen molar-refractivity contribution in [1.82, 2.24) is 0 Å². The Balaban J connectivity index is 2.07. The van der Waals surface area contributed by atoms with Crippen molar-refractivity contribution in [2.24, 2.45) is 5.41 Å². The van der Waals surface area contributed by atoms with Crippen LogP contribution in [0.25, 0.3) is 0 Å². The zero-order chi connectivity index (χ0) is 13.0. The smallest absolute Gasteiger partial charge is 0.145 e. The van der Waals surface area contributed by atoms with Crippen molar-refractivity contribution >= 4 is 5.69 Å². The van der Waals surface area contributed by atoms with Gasteiger partial charge in [-0.25, -0.2) is 0 Å². The maximum atomic E-state index is 9.10. The summed E-state index contributed by atoms with van der Waals surface area (Å²) < 4.78 is 15.5. The van der Waals surface area contributed by atoms with Gasteiger partial charge in [0.2, 0.25) is 0 Å². The molecule has 0 radical (unpaired) electrons. The Morgan fingerprint density at radius 2 is 2.17 bits per heavy atom. The van der Waals surface area contributed by atoms with Crippen LogP contribution < -0.4 is 14.8 Å². The fraction of sp³-hybridized carbons (Fsp3) is 0.462. The lowest BCUT2D eigenvalue weighted by molar-refractivity contribution is -0.0690. The third-order valence-corrected chi connectivity index (χ3v) is 3.02. The zero-order valence-electron chi connectivity index (χ0n) is 10.5. The van der Waals surface area contributed by atoms with E-state index in [4.69, 9.17) is 19.5 Å². The number of hydrogen-bond acceptors (Lipinski definition) is 5. The topological polar surface area (TPSA) is 63.5 Å². The largest absolute Gasteiger partial charge is 0.497 e. The van der Waals surface area contributed by atoms with Crippen molar-refractivity contribution in [3.63, 3.8) is 0 Å². The Morgan fingerprint density at radius 1 is 1.39 bits per heavy atom. The van der Waals surface area contributed by atoms with E-state index in [0.717, 1.165) is 11.4 Å². The molecule has 2 rings (SSSR count). The molecule has 0 aromatic heterocycles. The Kier molecular flexibility index (Phi) is 3.58. The molecule has 1 aromatic carbocycles. The zero-order valence-corrected chi connectivity index (χ0v) is 10.5. The molecular weight excluding hydrogens is 232 g/mol. The van der Waals surface area contributed by atoms with Gasteiger partial charge in [-0.3, -0.25) is 0 Å². The van der Waals surface area contributed by atoms with E-state index < -0.39 is 5.41 Å². The van der Waals surface area contributed by atoms with Gasteiger partial charge in [-0.15, -0.1) is 0 Å². The minimum atomic E-state index is -0.412. The maximum absolute atomic E-state index is 9.10. The predicted molar refractivity (Wildman–Crippen MR) is 66.9 cm³/mol. The molecule has 0 bridgehead atoms. The number of benzene rings is 1. The number of anilines is 1. The molecular formula is C13H16N2O3. The molecule has 96 valence electrons.